The van der Waals surface area contributed by atoms with E-state index in [9.17, 15) is 13.2 Å². The normalized spacial score (nSPS) is 14.0. The van der Waals surface area contributed by atoms with Crippen LogP contribution >= 0.6 is 23.7 Å². The zero-order chi connectivity index (χ0) is 28.1. The van der Waals surface area contributed by atoms with E-state index >= 15 is 0 Å². The molecule has 0 radical (unpaired) electrons. The Morgan fingerprint density at radius 3 is 2.39 bits per heavy atom. The van der Waals surface area contributed by atoms with Gasteiger partial charge in [0, 0.05) is 38.8 Å². The molecule has 0 saturated carbocycles. The van der Waals surface area contributed by atoms with Gasteiger partial charge in [0.1, 0.15) is 0 Å². The van der Waals surface area contributed by atoms with Gasteiger partial charge in [0.2, 0.25) is 0 Å². The number of hydrogen-bond acceptors (Lipinski definition) is 7. The highest BCUT2D eigenvalue weighted by molar-refractivity contribution is 7.92. The smallest absolute Gasteiger partial charge is 0.264 e. The first-order valence-corrected chi connectivity index (χ1v) is 15.8. The number of fused-ring (bicyclic) bond motifs is 1. The number of halogens is 1. The predicted octanol–water partition coefficient (Wildman–Crippen LogP) is 5.47. The second-order valence-corrected chi connectivity index (χ2v) is 12.7. The Morgan fingerprint density at radius 1 is 1.00 bits per heavy atom. The number of aryl methyl sites for hydroxylation is 1. The number of anilines is 2. The van der Waals surface area contributed by atoms with Crippen molar-refractivity contribution in [3.8, 4) is 0 Å². The van der Waals surface area contributed by atoms with Crippen molar-refractivity contribution in [1.82, 2.24) is 9.88 Å². The monoisotopic (exact) mass is 614 g/mol. The van der Waals surface area contributed by atoms with Crippen LogP contribution in [0.5, 0.6) is 0 Å². The van der Waals surface area contributed by atoms with Gasteiger partial charge < -0.3 is 4.74 Å². The lowest BCUT2D eigenvalue weighted by Crippen LogP contribution is -2.39. The number of sulfonamides is 1. The minimum atomic E-state index is -3.78. The maximum Gasteiger partial charge on any atom is 0.264 e. The number of thiazole rings is 1. The molecule has 1 aliphatic heterocycles. The van der Waals surface area contributed by atoms with E-state index in [1.165, 1.54) is 34.8 Å². The van der Waals surface area contributed by atoms with Crippen molar-refractivity contribution in [2.45, 2.75) is 24.7 Å². The Balaban J connectivity index is 0.00000387. The lowest BCUT2D eigenvalue weighted by molar-refractivity contribution is 0.0376. The van der Waals surface area contributed by atoms with Gasteiger partial charge in [-0.15, -0.1) is 12.4 Å². The molecule has 0 aliphatic carbocycles. The third-order valence-corrected chi connectivity index (χ3v) is 10.0. The first-order chi connectivity index (χ1) is 19.4. The summed E-state index contributed by atoms with van der Waals surface area (Å²) in [5, 5.41) is 0.656. The molecular weight excluding hydrogens is 580 g/mol. The van der Waals surface area contributed by atoms with Crippen LogP contribution in [0.3, 0.4) is 0 Å². The summed E-state index contributed by atoms with van der Waals surface area (Å²) < 4.78 is 34.2. The average Bonchev–Trinajstić information content (AvgIpc) is 3.44. The molecule has 8 nitrogen and oxygen atoms in total. The number of nitrogens with zero attached hydrogens (tertiary/aromatic N) is 4. The van der Waals surface area contributed by atoms with Crippen LogP contribution in [0.4, 0.5) is 10.8 Å². The van der Waals surface area contributed by atoms with Gasteiger partial charge in [-0.2, -0.15) is 0 Å². The van der Waals surface area contributed by atoms with E-state index in [0.717, 1.165) is 61.5 Å². The number of amides is 1. The number of rotatable bonds is 10. The maximum absolute atomic E-state index is 13.9. The van der Waals surface area contributed by atoms with Gasteiger partial charge in [-0.3, -0.25) is 18.9 Å². The molecule has 11 heteroatoms. The molecule has 1 amide bonds. The highest BCUT2D eigenvalue weighted by atomic mass is 35.5. The molecular formula is C30H35ClN4O4S2. The summed E-state index contributed by atoms with van der Waals surface area (Å²) >= 11 is 1.51. The van der Waals surface area contributed by atoms with Crippen LogP contribution < -0.4 is 9.21 Å². The van der Waals surface area contributed by atoms with E-state index < -0.39 is 10.0 Å². The quantitative estimate of drug-likeness (QED) is 0.235. The Kier molecular flexibility index (Phi) is 10.4. The fourth-order valence-corrected chi connectivity index (χ4v) is 7.05. The highest BCUT2D eigenvalue weighted by Crippen LogP contribution is 2.32. The van der Waals surface area contributed by atoms with Crippen molar-refractivity contribution < 1.29 is 17.9 Å². The third-order valence-electron chi connectivity index (χ3n) is 7.19. The van der Waals surface area contributed by atoms with Gasteiger partial charge in [-0.1, -0.05) is 48.6 Å². The molecule has 4 aromatic rings. The number of benzene rings is 3. The largest absolute Gasteiger partial charge is 0.379 e. The second-order valence-electron chi connectivity index (χ2n) is 9.71. The summed E-state index contributed by atoms with van der Waals surface area (Å²) in [6.07, 6.45) is 1.65. The molecule has 218 valence electrons. The van der Waals surface area contributed by atoms with Gasteiger partial charge in [-0.05, 0) is 60.9 Å². The van der Waals surface area contributed by atoms with Gasteiger partial charge >= 0.3 is 0 Å². The van der Waals surface area contributed by atoms with Gasteiger partial charge in [0.15, 0.2) is 5.13 Å². The molecule has 1 aromatic heterocycles. The van der Waals surface area contributed by atoms with Gasteiger partial charge in [-0.25, -0.2) is 13.4 Å². The Hall–Kier alpha value is -3.02. The Labute approximate surface area is 252 Å². The summed E-state index contributed by atoms with van der Waals surface area (Å²) in [6, 6.07) is 21.2. The van der Waals surface area contributed by atoms with Crippen molar-refractivity contribution in [1.29, 1.82) is 0 Å². The van der Waals surface area contributed by atoms with Crippen LogP contribution in [0.25, 0.3) is 10.2 Å². The molecule has 0 atom stereocenters. The highest BCUT2D eigenvalue weighted by Gasteiger charge is 2.25. The molecule has 1 saturated heterocycles. The summed E-state index contributed by atoms with van der Waals surface area (Å²) in [5.41, 5.74) is 3.07. The fourth-order valence-electron chi connectivity index (χ4n) is 4.82. The first kappa shape index (κ1) is 30.9. The molecule has 0 unspecified atom stereocenters. The molecule has 2 heterocycles. The number of para-hydroxylation sites is 2. The summed E-state index contributed by atoms with van der Waals surface area (Å²) in [5.74, 6) is -0.195. The van der Waals surface area contributed by atoms with E-state index in [1.54, 1.807) is 41.3 Å². The minimum absolute atomic E-state index is 0. The van der Waals surface area contributed by atoms with E-state index in [-0.39, 0.29) is 23.2 Å². The molecule has 41 heavy (non-hydrogen) atoms. The molecule has 3 aromatic carbocycles. The lowest BCUT2D eigenvalue weighted by Gasteiger charge is -2.27. The van der Waals surface area contributed by atoms with Gasteiger partial charge in [0.05, 0.1) is 34.0 Å². The molecule has 0 bridgehead atoms. The minimum Gasteiger partial charge on any atom is -0.379 e. The van der Waals surface area contributed by atoms with Crippen LogP contribution in [0, 0.1) is 0 Å². The molecule has 0 spiro atoms. The molecule has 5 rings (SSSR count). The summed E-state index contributed by atoms with van der Waals surface area (Å²) in [7, 11) is -2.25. The molecule has 1 fully saturated rings. The first-order valence-electron chi connectivity index (χ1n) is 13.5. The van der Waals surface area contributed by atoms with Crippen LogP contribution in [-0.2, 0) is 21.2 Å². The van der Waals surface area contributed by atoms with Crippen LogP contribution in [0.1, 0.15) is 29.3 Å². The maximum atomic E-state index is 13.9. The standard InChI is InChI=1S/C30H34N4O4S2.ClH/c1-3-23-9-7-12-27-28(23)31-30(39-27)34(18-8-17-33-19-21-38-22-20-33)29(35)24-13-15-26(16-14-24)40(36,37)32(2)25-10-5-4-6-11-25;/h4-7,9-16H,3,8,17-22H2,1-2H3;1H. The van der Waals surface area contributed by atoms with E-state index in [1.807, 2.05) is 18.2 Å². The third kappa shape index (κ3) is 6.90. The van der Waals surface area contributed by atoms with Crippen molar-refractivity contribution in [3.63, 3.8) is 0 Å². The zero-order valence-electron chi connectivity index (χ0n) is 23.2. The van der Waals surface area contributed by atoms with Crippen molar-refractivity contribution in [3.05, 3.63) is 83.9 Å². The SMILES string of the molecule is CCc1cccc2sc(N(CCCN3CCOCC3)C(=O)c3ccc(S(=O)(=O)N(C)c4ccccc4)cc3)nc12.Cl. The van der Waals surface area contributed by atoms with E-state index in [2.05, 4.69) is 17.9 Å². The number of ether oxygens (including phenoxy) is 1. The fraction of sp³-hybridized carbons (Fsp3) is 0.333. The number of hydrogen-bond donors (Lipinski definition) is 0. The number of aromatic nitrogens is 1. The van der Waals surface area contributed by atoms with E-state index in [4.69, 9.17) is 9.72 Å². The average molecular weight is 615 g/mol. The number of morpholine rings is 1. The number of carbonyl (C=O) groups is 1. The topological polar surface area (TPSA) is 83.0 Å². The second kappa shape index (κ2) is 13.8. The van der Waals surface area contributed by atoms with E-state index in [0.29, 0.717) is 22.9 Å². The van der Waals surface area contributed by atoms with Gasteiger partial charge in [0.25, 0.3) is 15.9 Å². The lowest BCUT2D eigenvalue weighted by atomic mass is 10.1. The predicted molar refractivity (Wildman–Crippen MR) is 168 cm³/mol. The summed E-state index contributed by atoms with van der Waals surface area (Å²) in [4.78, 5) is 23.0. The van der Waals surface area contributed by atoms with Crippen molar-refractivity contribution in [2.75, 3.05) is 55.6 Å². The molecule has 0 N–H and O–H groups in total. The van der Waals surface area contributed by atoms with Crippen LogP contribution in [-0.4, -0.2) is 70.6 Å². The Morgan fingerprint density at radius 2 is 1.71 bits per heavy atom. The Bertz CT molecular complexity index is 1560. The van der Waals surface area contributed by atoms with Crippen molar-refractivity contribution in [2.24, 2.45) is 0 Å². The summed E-state index contributed by atoms with van der Waals surface area (Å²) in [6.45, 7) is 6.72. The van der Waals surface area contributed by atoms with Crippen molar-refractivity contribution >= 4 is 60.7 Å². The number of carbonyl (C=O) groups excluding carboxylic acids is 1. The zero-order valence-corrected chi connectivity index (χ0v) is 25.7. The van der Waals surface area contributed by atoms with Crippen LogP contribution in [0.2, 0.25) is 0 Å². The van der Waals surface area contributed by atoms with Crippen LogP contribution in [0.15, 0.2) is 77.7 Å². The molecule has 1 aliphatic rings.